The number of amides is 1. The van der Waals surface area contributed by atoms with Gasteiger partial charge < -0.3 is 14.7 Å². The average molecular weight is 380 g/mol. The molecule has 0 saturated carbocycles. The molecule has 4 rings (SSSR count). The van der Waals surface area contributed by atoms with E-state index in [1.54, 1.807) is 0 Å². The highest BCUT2D eigenvalue weighted by Gasteiger charge is 2.27. The van der Waals surface area contributed by atoms with Crippen molar-refractivity contribution in [1.82, 2.24) is 19.8 Å². The van der Waals surface area contributed by atoms with Crippen LogP contribution in [0.2, 0.25) is 0 Å². The number of anilines is 1. The fourth-order valence-electron chi connectivity index (χ4n) is 4.11. The van der Waals surface area contributed by atoms with E-state index in [1.165, 1.54) is 11.3 Å². The Hall–Kier alpha value is -2.47. The molecule has 148 valence electrons. The number of carbonyl (C=O) groups excluding carboxylic acids is 1. The van der Waals surface area contributed by atoms with Crippen molar-refractivity contribution >= 4 is 11.6 Å². The first-order chi connectivity index (χ1) is 13.5. The van der Waals surface area contributed by atoms with Gasteiger partial charge in [-0.15, -0.1) is 0 Å². The van der Waals surface area contributed by atoms with E-state index >= 15 is 0 Å². The minimum Gasteiger partial charge on any atom is -0.378 e. The standard InChI is InChI=1S/C22H29N5O/c1-25(2)19-6-4-5-17(13-19)22(28)27-11-7-16(8-12-27)21-23-14-18-15-26(3)10-9-20(18)24-21/h4-6,13-14,16H,7-12,15H2,1-3H3. The molecule has 28 heavy (non-hydrogen) atoms. The highest BCUT2D eigenvalue weighted by molar-refractivity contribution is 5.95. The second-order valence-corrected chi connectivity index (χ2v) is 8.20. The van der Waals surface area contributed by atoms with Gasteiger partial charge in [0.15, 0.2) is 0 Å². The quantitative estimate of drug-likeness (QED) is 0.820. The van der Waals surface area contributed by atoms with Crippen molar-refractivity contribution in [3.8, 4) is 0 Å². The second kappa shape index (κ2) is 7.87. The van der Waals surface area contributed by atoms with Gasteiger partial charge in [-0.05, 0) is 38.1 Å². The van der Waals surface area contributed by atoms with Crippen molar-refractivity contribution in [2.24, 2.45) is 0 Å². The maximum atomic E-state index is 12.9. The van der Waals surface area contributed by atoms with Gasteiger partial charge in [0.05, 0.1) is 0 Å². The Morgan fingerprint density at radius 1 is 1.18 bits per heavy atom. The largest absolute Gasteiger partial charge is 0.378 e. The molecule has 0 radical (unpaired) electrons. The molecule has 6 nitrogen and oxygen atoms in total. The van der Waals surface area contributed by atoms with E-state index in [2.05, 4.69) is 16.9 Å². The maximum absolute atomic E-state index is 12.9. The molecule has 1 aromatic heterocycles. The van der Waals surface area contributed by atoms with E-state index in [0.717, 1.165) is 62.5 Å². The van der Waals surface area contributed by atoms with E-state index in [1.807, 2.05) is 54.4 Å². The van der Waals surface area contributed by atoms with Gasteiger partial charge in [0.25, 0.3) is 5.91 Å². The lowest BCUT2D eigenvalue weighted by atomic mass is 9.94. The molecule has 3 heterocycles. The molecule has 2 aliphatic heterocycles. The molecule has 1 saturated heterocycles. The smallest absolute Gasteiger partial charge is 0.253 e. The zero-order valence-electron chi connectivity index (χ0n) is 17.1. The SMILES string of the molecule is CN1CCc2nc(C3CCN(C(=O)c4cccc(N(C)C)c4)CC3)ncc2C1. The molecule has 0 atom stereocenters. The van der Waals surface area contributed by atoms with Crippen LogP contribution >= 0.6 is 0 Å². The fraction of sp³-hybridized carbons (Fsp3) is 0.500. The Balaban J connectivity index is 1.41. The summed E-state index contributed by atoms with van der Waals surface area (Å²) in [6.07, 6.45) is 4.87. The molecule has 6 heteroatoms. The topological polar surface area (TPSA) is 52.6 Å². The summed E-state index contributed by atoms with van der Waals surface area (Å²) < 4.78 is 0. The number of hydrogen-bond donors (Lipinski definition) is 0. The number of hydrogen-bond acceptors (Lipinski definition) is 5. The fourth-order valence-corrected chi connectivity index (χ4v) is 4.11. The highest BCUT2D eigenvalue weighted by Crippen LogP contribution is 2.28. The number of rotatable bonds is 3. The lowest BCUT2D eigenvalue weighted by Gasteiger charge is -2.32. The molecule has 0 N–H and O–H groups in total. The molecular weight excluding hydrogens is 350 g/mol. The molecule has 2 aromatic rings. The predicted octanol–water partition coefficient (Wildman–Crippen LogP) is 2.55. The summed E-state index contributed by atoms with van der Waals surface area (Å²) in [6, 6.07) is 7.85. The number of aromatic nitrogens is 2. The summed E-state index contributed by atoms with van der Waals surface area (Å²) in [7, 11) is 6.12. The van der Waals surface area contributed by atoms with Gasteiger partial charge in [0.2, 0.25) is 0 Å². The predicted molar refractivity (Wildman–Crippen MR) is 111 cm³/mol. The first-order valence-electron chi connectivity index (χ1n) is 10.1. The summed E-state index contributed by atoms with van der Waals surface area (Å²) >= 11 is 0. The number of likely N-dealkylation sites (N-methyl/N-ethyl adjacent to an activating group) is 1. The Bertz CT molecular complexity index is 858. The van der Waals surface area contributed by atoms with Crippen molar-refractivity contribution in [2.75, 3.05) is 45.7 Å². The third-order valence-electron chi connectivity index (χ3n) is 5.90. The van der Waals surface area contributed by atoms with E-state index in [4.69, 9.17) is 4.98 Å². The van der Waals surface area contributed by atoms with Crippen LogP contribution in [-0.2, 0) is 13.0 Å². The average Bonchev–Trinajstić information content (AvgIpc) is 2.73. The number of likely N-dealkylation sites (tertiary alicyclic amines) is 1. The van der Waals surface area contributed by atoms with Crippen molar-refractivity contribution in [3.63, 3.8) is 0 Å². The van der Waals surface area contributed by atoms with Gasteiger partial charge in [0, 0.05) is 81.3 Å². The Morgan fingerprint density at radius 2 is 1.96 bits per heavy atom. The van der Waals surface area contributed by atoms with Gasteiger partial charge in [-0.1, -0.05) is 6.07 Å². The van der Waals surface area contributed by atoms with Gasteiger partial charge in [-0.2, -0.15) is 0 Å². The lowest BCUT2D eigenvalue weighted by molar-refractivity contribution is 0.0711. The lowest BCUT2D eigenvalue weighted by Crippen LogP contribution is -2.38. The number of fused-ring (bicyclic) bond motifs is 1. The number of nitrogens with zero attached hydrogens (tertiary/aromatic N) is 5. The van der Waals surface area contributed by atoms with Crippen LogP contribution < -0.4 is 4.90 Å². The monoisotopic (exact) mass is 379 g/mol. The summed E-state index contributed by atoms with van der Waals surface area (Å²) in [5, 5.41) is 0. The van der Waals surface area contributed by atoms with Crippen molar-refractivity contribution in [1.29, 1.82) is 0 Å². The van der Waals surface area contributed by atoms with Crippen LogP contribution in [0.1, 0.15) is 46.2 Å². The Morgan fingerprint density at radius 3 is 2.71 bits per heavy atom. The van der Waals surface area contributed by atoms with Crippen LogP contribution in [-0.4, -0.2) is 66.5 Å². The maximum Gasteiger partial charge on any atom is 0.253 e. The summed E-state index contributed by atoms with van der Waals surface area (Å²) in [5.74, 6) is 1.43. The van der Waals surface area contributed by atoms with Crippen molar-refractivity contribution < 1.29 is 4.79 Å². The second-order valence-electron chi connectivity index (χ2n) is 8.20. The molecule has 0 bridgehead atoms. The molecule has 1 fully saturated rings. The number of benzene rings is 1. The zero-order chi connectivity index (χ0) is 19.7. The third kappa shape index (κ3) is 3.87. The van der Waals surface area contributed by atoms with Gasteiger partial charge >= 0.3 is 0 Å². The molecule has 0 spiro atoms. The third-order valence-corrected chi connectivity index (χ3v) is 5.90. The van der Waals surface area contributed by atoms with Crippen LogP contribution in [0.5, 0.6) is 0 Å². The summed E-state index contributed by atoms with van der Waals surface area (Å²) in [6.45, 7) is 3.52. The summed E-state index contributed by atoms with van der Waals surface area (Å²) in [5.41, 5.74) is 4.28. The van der Waals surface area contributed by atoms with Crippen LogP contribution in [0.4, 0.5) is 5.69 Å². The first kappa shape index (κ1) is 18.9. The Labute approximate surface area is 167 Å². The van der Waals surface area contributed by atoms with Gasteiger partial charge in [-0.3, -0.25) is 4.79 Å². The van der Waals surface area contributed by atoms with E-state index in [-0.39, 0.29) is 5.91 Å². The number of piperidine rings is 1. The molecule has 0 unspecified atom stereocenters. The van der Waals surface area contributed by atoms with Crippen molar-refractivity contribution in [2.45, 2.75) is 31.7 Å². The normalized spacial score (nSPS) is 18.0. The minimum atomic E-state index is 0.122. The molecule has 2 aliphatic rings. The molecule has 0 aliphatic carbocycles. The van der Waals surface area contributed by atoms with E-state index in [0.29, 0.717) is 5.92 Å². The molecular formula is C22H29N5O. The molecule has 1 aromatic carbocycles. The summed E-state index contributed by atoms with van der Waals surface area (Å²) in [4.78, 5) is 28.8. The van der Waals surface area contributed by atoms with E-state index < -0.39 is 0 Å². The van der Waals surface area contributed by atoms with Crippen LogP contribution in [0.25, 0.3) is 0 Å². The first-order valence-corrected chi connectivity index (χ1v) is 10.1. The van der Waals surface area contributed by atoms with Gasteiger partial charge in [-0.25, -0.2) is 9.97 Å². The highest BCUT2D eigenvalue weighted by atomic mass is 16.2. The Kier molecular flexibility index (Phi) is 5.31. The van der Waals surface area contributed by atoms with Crippen LogP contribution in [0.3, 0.4) is 0 Å². The zero-order valence-corrected chi connectivity index (χ0v) is 17.1. The van der Waals surface area contributed by atoms with Crippen LogP contribution in [0.15, 0.2) is 30.5 Å². The van der Waals surface area contributed by atoms with Gasteiger partial charge in [0.1, 0.15) is 5.82 Å². The number of carbonyl (C=O) groups is 1. The van der Waals surface area contributed by atoms with Crippen LogP contribution in [0, 0.1) is 0 Å². The van der Waals surface area contributed by atoms with E-state index in [9.17, 15) is 4.79 Å². The minimum absolute atomic E-state index is 0.122. The molecule has 1 amide bonds. The van der Waals surface area contributed by atoms with Crippen molar-refractivity contribution in [3.05, 3.63) is 53.1 Å².